The van der Waals surface area contributed by atoms with Gasteiger partial charge in [0.1, 0.15) is 0 Å². The summed E-state index contributed by atoms with van der Waals surface area (Å²) >= 11 is 0. The third-order valence-electron chi connectivity index (χ3n) is 5.01. The lowest BCUT2D eigenvalue weighted by Gasteiger charge is -2.20. The number of halogens is 1. The van der Waals surface area contributed by atoms with Crippen molar-refractivity contribution in [2.75, 3.05) is 39.8 Å². The fourth-order valence-corrected chi connectivity index (χ4v) is 3.27. The van der Waals surface area contributed by atoms with E-state index in [-0.39, 0.29) is 24.0 Å². The van der Waals surface area contributed by atoms with Crippen LogP contribution in [0.3, 0.4) is 0 Å². The number of likely N-dealkylation sites (N-methyl/N-ethyl adjacent to an activating group) is 1. The third-order valence-corrected chi connectivity index (χ3v) is 5.01. The number of unbranched alkanes of at least 4 members (excludes halogenated alkanes) is 3. The van der Waals surface area contributed by atoms with Crippen LogP contribution in [0.1, 0.15) is 50.2 Å². The largest absolute Gasteiger partial charge is 0.370 e. The Morgan fingerprint density at radius 2 is 1.78 bits per heavy atom. The topological polar surface area (TPSA) is 56.9 Å². The van der Waals surface area contributed by atoms with Gasteiger partial charge in [0.25, 0.3) is 0 Å². The third kappa shape index (κ3) is 10.3. The van der Waals surface area contributed by atoms with E-state index in [0.29, 0.717) is 12.5 Å². The zero-order chi connectivity index (χ0) is 18.6. The molecule has 5 nitrogen and oxygen atoms in total. The first-order chi connectivity index (χ1) is 12.7. The highest BCUT2D eigenvalue weighted by Crippen LogP contribution is 2.10. The first-order valence-corrected chi connectivity index (χ1v) is 10.2. The molecule has 0 amide bonds. The maximum Gasteiger partial charge on any atom is 0.188 e. The van der Waals surface area contributed by atoms with Gasteiger partial charge >= 0.3 is 0 Å². The van der Waals surface area contributed by atoms with Crippen molar-refractivity contribution >= 4 is 29.9 Å². The molecule has 6 heteroatoms. The Balaban J connectivity index is 0.00000364. The SMILES string of the molecule is CCCCCCNC(N)=NCc1ccc(CN2CCCN(C)CC2)cc1.I. The lowest BCUT2D eigenvalue weighted by molar-refractivity contribution is 0.269. The van der Waals surface area contributed by atoms with Crippen molar-refractivity contribution in [2.24, 2.45) is 10.7 Å². The van der Waals surface area contributed by atoms with Gasteiger partial charge < -0.3 is 16.0 Å². The Labute approximate surface area is 182 Å². The van der Waals surface area contributed by atoms with Gasteiger partial charge in [-0.15, -0.1) is 24.0 Å². The van der Waals surface area contributed by atoms with Gasteiger partial charge in [-0.05, 0) is 44.1 Å². The molecule has 0 aliphatic carbocycles. The standard InChI is InChI=1S/C21H37N5.HI/c1-3-4-5-6-12-23-21(22)24-17-19-8-10-20(11-9-19)18-26-14-7-13-25(2)15-16-26;/h8-11H,3-7,12-18H2,1-2H3,(H3,22,23,24);1H. The molecule has 154 valence electrons. The molecule has 0 aromatic heterocycles. The molecule has 0 atom stereocenters. The van der Waals surface area contributed by atoms with E-state index in [2.05, 4.69) is 58.3 Å². The molecule has 1 heterocycles. The van der Waals surface area contributed by atoms with Gasteiger partial charge in [-0.1, -0.05) is 50.5 Å². The first kappa shape index (κ1) is 24.2. The molecule has 0 radical (unpaired) electrons. The molecule has 1 aromatic rings. The lowest BCUT2D eigenvalue weighted by atomic mass is 10.1. The second-order valence-corrected chi connectivity index (χ2v) is 7.44. The molecule has 3 N–H and O–H groups in total. The second-order valence-electron chi connectivity index (χ2n) is 7.44. The maximum absolute atomic E-state index is 5.94. The van der Waals surface area contributed by atoms with Gasteiger partial charge in [-0.2, -0.15) is 0 Å². The van der Waals surface area contributed by atoms with Crippen LogP contribution in [-0.2, 0) is 13.1 Å². The summed E-state index contributed by atoms with van der Waals surface area (Å²) in [4.78, 5) is 9.42. The quantitative estimate of drug-likeness (QED) is 0.243. The van der Waals surface area contributed by atoms with E-state index in [9.17, 15) is 0 Å². The van der Waals surface area contributed by atoms with Gasteiger partial charge in [0.2, 0.25) is 0 Å². The van der Waals surface area contributed by atoms with Crippen LogP contribution in [0.15, 0.2) is 29.3 Å². The van der Waals surface area contributed by atoms with Gasteiger partial charge in [0, 0.05) is 26.2 Å². The Kier molecular flexibility index (Phi) is 12.7. The smallest absolute Gasteiger partial charge is 0.188 e. The average molecular weight is 487 g/mol. The fraction of sp³-hybridized carbons (Fsp3) is 0.667. The van der Waals surface area contributed by atoms with E-state index in [4.69, 9.17) is 5.73 Å². The van der Waals surface area contributed by atoms with E-state index in [1.54, 1.807) is 0 Å². The Bertz CT molecular complexity index is 532. The number of hydrogen-bond donors (Lipinski definition) is 2. The summed E-state index contributed by atoms with van der Waals surface area (Å²) in [6, 6.07) is 8.82. The monoisotopic (exact) mass is 487 g/mol. The predicted molar refractivity (Wildman–Crippen MR) is 127 cm³/mol. The molecular weight excluding hydrogens is 449 g/mol. The van der Waals surface area contributed by atoms with Crippen molar-refractivity contribution in [3.05, 3.63) is 35.4 Å². The summed E-state index contributed by atoms with van der Waals surface area (Å²) in [5.74, 6) is 0.555. The van der Waals surface area contributed by atoms with Crippen LogP contribution in [0.25, 0.3) is 0 Å². The van der Waals surface area contributed by atoms with Crippen LogP contribution < -0.4 is 11.1 Å². The molecule has 0 bridgehead atoms. The molecule has 1 saturated heterocycles. The van der Waals surface area contributed by atoms with Crippen LogP contribution in [0.4, 0.5) is 0 Å². The van der Waals surface area contributed by atoms with Gasteiger partial charge in [-0.3, -0.25) is 4.90 Å². The highest BCUT2D eigenvalue weighted by molar-refractivity contribution is 14.0. The molecule has 0 unspecified atom stereocenters. The average Bonchev–Trinajstić information content (AvgIpc) is 2.85. The van der Waals surface area contributed by atoms with Crippen molar-refractivity contribution in [3.8, 4) is 0 Å². The summed E-state index contributed by atoms with van der Waals surface area (Å²) in [5.41, 5.74) is 8.53. The van der Waals surface area contributed by atoms with Crippen molar-refractivity contribution < 1.29 is 0 Å². The number of nitrogens with two attached hydrogens (primary N) is 1. The van der Waals surface area contributed by atoms with E-state index in [0.717, 1.165) is 32.6 Å². The van der Waals surface area contributed by atoms with E-state index in [1.165, 1.54) is 49.9 Å². The van der Waals surface area contributed by atoms with Gasteiger partial charge in [0.15, 0.2) is 5.96 Å². The number of benzene rings is 1. The summed E-state index contributed by atoms with van der Waals surface area (Å²) < 4.78 is 0. The molecule has 1 fully saturated rings. The van der Waals surface area contributed by atoms with E-state index in [1.807, 2.05) is 0 Å². The minimum Gasteiger partial charge on any atom is -0.370 e. The molecule has 27 heavy (non-hydrogen) atoms. The van der Waals surface area contributed by atoms with Crippen molar-refractivity contribution in [1.29, 1.82) is 0 Å². The first-order valence-electron chi connectivity index (χ1n) is 10.2. The summed E-state index contributed by atoms with van der Waals surface area (Å²) in [5, 5.41) is 3.20. The van der Waals surface area contributed by atoms with Crippen LogP contribution in [-0.4, -0.2) is 55.5 Å². The Morgan fingerprint density at radius 3 is 2.52 bits per heavy atom. The van der Waals surface area contributed by atoms with Crippen LogP contribution >= 0.6 is 24.0 Å². The van der Waals surface area contributed by atoms with E-state index < -0.39 is 0 Å². The van der Waals surface area contributed by atoms with E-state index >= 15 is 0 Å². The number of aliphatic imine (C=N–C) groups is 1. The molecule has 1 aliphatic heterocycles. The zero-order valence-corrected chi connectivity index (χ0v) is 19.5. The Hall–Kier alpha value is -0.860. The summed E-state index contributed by atoms with van der Waals surface area (Å²) in [7, 11) is 2.21. The van der Waals surface area contributed by atoms with Crippen LogP contribution in [0.5, 0.6) is 0 Å². The molecular formula is C21H38IN5. The van der Waals surface area contributed by atoms with Crippen molar-refractivity contribution in [3.63, 3.8) is 0 Å². The van der Waals surface area contributed by atoms with Gasteiger partial charge in [0.05, 0.1) is 6.54 Å². The van der Waals surface area contributed by atoms with Crippen molar-refractivity contribution in [1.82, 2.24) is 15.1 Å². The van der Waals surface area contributed by atoms with Gasteiger partial charge in [-0.25, -0.2) is 4.99 Å². The Morgan fingerprint density at radius 1 is 1.04 bits per heavy atom. The molecule has 2 rings (SSSR count). The van der Waals surface area contributed by atoms with Crippen molar-refractivity contribution in [2.45, 2.75) is 52.1 Å². The predicted octanol–water partition coefficient (Wildman–Crippen LogP) is 3.43. The number of rotatable bonds is 9. The highest BCUT2D eigenvalue weighted by Gasteiger charge is 2.12. The van der Waals surface area contributed by atoms with Crippen LogP contribution in [0.2, 0.25) is 0 Å². The minimum absolute atomic E-state index is 0. The second kappa shape index (κ2) is 14.2. The number of hydrogen-bond acceptors (Lipinski definition) is 3. The normalized spacial score (nSPS) is 16.6. The number of nitrogens with zero attached hydrogens (tertiary/aromatic N) is 3. The fourth-order valence-electron chi connectivity index (χ4n) is 3.27. The summed E-state index contributed by atoms with van der Waals surface area (Å²) in [6.45, 7) is 9.54. The number of guanidine groups is 1. The number of nitrogens with one attached hydrogen (secondary N) is 1. The molecule has 1 aliphatic rings. The molecule has 0 saturated carbocycles. The molecule has 0 spiro atoms. The highest BCUT2D eigenvalue weighted by atomic mass is 127. The maximum atomic E-state index is 5.94. The lowest BCUT2D eigenvalue weighted by Crippen LogP contribution is -2.32. The summed E-state index contributed by atoms with van der Waals surface area (Å²) in [6.07, 6.45) is 6.22. The zero-order valence-electron chi connectivity index (χ0n) is 17.1. The minimum atomic E-state index is 0. The van der Waals surface area contributed by atoms with Crippen LogP contribution in [0, 0.1) is 0 Å². The molecule has 1 aromatic carbocycles.